The number of fused-ring (bicyclic) bond motifs is 1. The Kier molecular flexibility index (Phi) is 6.78. The first kappa shape index (κ1) is 26.0. The standard InChI is InChI=1S/C26H24F2N6O2S2/c1-13-12-37-26(30-13)16-5-6-19(23(7-16)38(4,35)36)33-20-9-17(8-18-11-29-14(2)15(3)31-18)32-21-10-22(25(27)28)34-24(20)21/h5-7,9,11-12,25H,8,10H2,1-4H3,(H,32,33). The molecule has 0 saturated heterocycles. The highest BCUT2D eigenvalue weighted by Crippen LogP contribution is 2.39. The second kappa shape index (κ2) is 9.91. The van der Waals surface area contributed by atoms with E-state index in [9.17, 15) is 17.2 Å². The number of aryl methyl sites for hydroxylation is 3. The summed E-state index contributed by atoms with van der Waals surface area (Å²) in [5.74, 6) is 0. The molecule has 12 heteroatoms. The first-order chi connectivity index (χ1) is 18.0. The molecule has 0 saturated carbocycles. The number of nitrogens with zero attached hydrogens (tertiary/aromatic N) is 5. The predicted octanol–water partition coefficient (Wildman–Crippen LogP) is 5.55. The molecule has 0 amide bonds. The lowest BCUT2D eigenvalue weighted by Crippen LogP contribution is -2.10. The molecule has 0 unspecified atom stereocenters. The number of pyridine rings is 1. The van der Waals surface area contributed by atoms with Crippen molar-refractivity contribution in [3.05, 3.63) is 70.0 Å². The smallest absolute Gasteiger partial charge is 0.277 e. The van der Waals surface area contributed by atoms with Crippen LogP contribution in [0.5, 0.6) is 0 Å². The average molecular weight is 555 g/mol. The van der Waals surface area contributed by atoms with Crippen LogP contribution < -0.4 is 5.32 Å². The van der Waals surface area contributed by atoms with E-state index in [4.69, 9.17) is 0 Å². The van der Waals surface area contributed by atoms with Gasteiger partial charge in [-0.3, -0.25) is 15.0 Å². The lowest BCUT2D eigenvalue weighted by Gasteiger charge is -2.15. The lowest BCUT2D eigenvalue weighted by molar-refractivity contribution is 0.224. The van der Waals surface area contributed by atoms with Crippen LogP contribution in [0.25, 0.3) is 10.6 Å². The molecule has 4 aromatic rings. The zero-order chi connectivity index (χ0) is 27.2. The third-order valence-corrected chi connectivity index (χ3v) is 8.24. The molecule has 1 aliphatic rings. The highest BCUT2D eigenvalue weighted by Gasteiger charge is 2.27. The van der Waals surface area contributed by atoms with E-state index in [-0.39, 0.29) is 22.7 Å². The highest BCUT2D eigenvalue weighted by molar-refractivity contribution is 7.90. The molecule has 0 spiro atoms. The third kappa shape index (κ3) is 5.32. The number of thiazole rings is 1. The molecule has 0 atom stereocenters. The largest absolute Gasteiger partial charge is 0.353 e. The highest BCUT2D eigenvalue weighted by atomic mass is 32.2. The van der Waals surface area contributed by atoms with Gasteiger partial charge in [-0.25, -0.2) is 27.2 Å². The Morgan fingerprint density at radius 1 is 1.03 bits per heavy atom. The molecule has 1 aliphatic heterocycles. The number of hydrogen-bond acceptors (Lipinski definition) is 9. The second-order valence-corrected chi connectivity index (χ2v) is 12.0. The van der Waals surface area contributed by atoms with Crippen LogP contribution in [0, 0.1) is 20.8 Å². The van der Waals surface area contributed by atoms with E-state index in [1.807, 2.05) is 26.2 Å². The maximum atomic E-state index is 13.5. The van der Waals surface area contributed by atoms with E-state index in [1.165, 1.54) is 11.3 Å². The average Bonchev–Trinajstić information content (AvgIpc) is 3.48. The minimum atomic E-state index is -3.66. The summed E-state index contributed by atoms with van der Waals surface area (Å²) in [6.07, 6.45) is 0.292. The fraction of sp³-hybridized carbons (Fsp3) is 0.269. The van der Waals surface area contributed by atoms with Gasteiger partial charge >= 0.3 is 0 Å². The van der Waals surface area contributed by atoms with E-state index in [0.29, 0.717) is 45.4 Å². The van der Waals surface area contributed by atoms with Crippen LogP contribution in [-0.4, -0.2) is 46.7 Å². The van der Waals surface area contributed by atoms with Crippen LogP contribution in [0.4, 0.5) is 25.8 Å². The quantitative estimate of drug-likeness (QED) is 0.319. The number of nitrogens with one attached hydrogen (secondary N) is 1. The molecule has 0 bridgehead atoms. The molecule has 4 heterocycles. The molecule has 3 aromatic heterocycles. The summed E-state index contributed by atoms with van der Waals surface area (Å²) in [6, 6.07) is 6.68. The molecule has 0 fully saturated rings. The number of rotatable bonds is 7. The molecule has 0 aliphatic carbocycles. The number of aromatic nitrogens is 4. The molecule has 1 N–H and O–H groups in total. The Morgan fingerprint density at radius 2 is 1.82 bits per heavy atom. The number of aliphatic imine (C=N–C) groups is 1. The van der Waals surface area contributed by atoms with Crippen LogP contribution in [0.1, 0.15) is 34.2 Å². The van der Waals surface area contributed by atoms with E-state index >= 15 is 0 Å². The van der Waals surface area contributed by atoms with E-state index in [0.717, 1.165) is 23.3 Å². The van der Waals surface area contributed by atoms with Crippen LogP contribution in [0.3, 0.4) is 0 Å². The van der Waals surface area contributed by atoms with Crippen molar-refractivity contribution in [2.45, 2.75) is 44.9 Å². The zero-order valence-electron chi connectivity index (χ0n) is 21.1. The number of sulfone groups is 1. The monoisotopic (exact) mass is 554 g/mol. The summed E-state index contributed by atoms with van der Waals surface area (Å²) < 4.78 is 52.6. The van der Waals surface area contributed by atoms with Crippen molar-refractivity contribution < 1.29 is 17.2 Å². The summed E-state index contributed by atoms with van der Waals surface area (Å²) in [4.78, 5) is 22.1. The van der Waals surface area contributed by atoms with Gasteiger partial charge in [-0.15, -0.1) is 11.3 Å². The molecule has 5 rings (SSSR count). The van der Waals surface area contributed by atoms with Crippen molar-refractivity contribution in [2.24, 2.45) is 4.99 Å². The van der Waals surface area contributed by atoms with Gasteiger partial charge in [0.05, 0.1) is 44.8 Å². The number of benzene rings is 1. The van der Waals surface area contributed by atoms with E-state index in [2.05, 4.69) is 30.2 Å². The normalized spacial score (nSPS) is 13.1. The Morgan fingerprint density at radius 3 is 2.47 bits per heavy atom. The minimum Gasteiger partial charge on any atom is -0.353 e. The number of halogens is 2. The van der Waals surface area contributed by atoms with Gasteiger partial charge in [0, 0.05) is 47.6 Å². The Labute approximate surface area is 222 Å². The van der Waals surface area contributed by atoms with E-state index in [1.54, 1.807) is 30.5 Å². The summed E-state index contributed by atoms with van der Waals surface area (Å²) in [5.41, 5.74) is 5.45. The minimum absolute atomic E-state index is 0.0612. The summed E-state index contributed by atoms with van der Waals surface area (Å²) in [5, 5.41) is 5.74. The first-order valence-corrected chi connectivity index (χ1v) is 14.5. The Balaban J connectivity index is 1.58. The predicted molar refractivity (Wildman–Crippen MR) is 144 cm³/mol. The Hall–Kier alpha value is -3.64. The number of hydrogen-bond donors (Lipinski definition) is 1. The van der Waals surface area contributed by atoms with Gasteiger partial charge < -0.3 is 5.32 Å². The van der Waals surface area contributed by atoms with Gasteiger partial charge in [0.15, 0.2) is 9.84 Å². The maximum Gasteiger partial charge on any atom is 0.277 e. The summed E-state index contributed by atoms with van der Waals surface area (Å²) in [6.45, 7) is 5.60. The molecule has 0 radical (unpaired) electrons. The van der Waals surface area contributed by atoms with Crippen molar-refractivity contribution in [3.8, 4) is 10.6 Å². The SMILES string of the molecule is Cc1csc(-c2ccc(Nc3cc(Cc4cnc(C)c(C)n4)nc4c3N=C(C(F)F)C4)c(S(C)(=O)=O)c2)n1. The van der Waals surface area contributed by atoms with Crippen molar-refractivity contribution >= 4 is 43.9 Å². The van der Waals surface area contributed by atoms with Crippen molar-refractivity contribution in [3.63, 3.8) is 0 Å². The molecule has 8 nitrogen and oxygen atoms in total. The second-order valence-electron chi connectivity index (χ2n) is 9.15. The number of alkyl halides is 2. The molecule has 196 valence electrons. The van der Waals surface area contributed by atoms with Crippen LogP contribution in [0.15, 0.2) is 45.7 Å². The van der Waals surface area contributed by atoms with Gasteiger partial charge in [-0.2, -0.15) is 0 Å². The summed E-state index contributed by atoms with van der Waals surface area (Å²) in [7, 11) is -3.66. The Bertz CT molecular complexity index is 1700. The summed E-state index contributed by atoms with van der Waals surface area (Å²) >= 11 is 1.42. The third-order valence-electron chi connectivity index (χ3n) is 6.09. The van der Waals surface area contributed by atoms with Crippen molar-refractivity contribution in [1.29, 1.82) is 0 Å². The van der Waals surface area contributed by atoms with Crippen LogP contribution >= 0.6 is 11.3 Å². The van der Waals surface area contributed by atoms with Crippen molar-refractivity contribution in [1.82, 2.24) is 19.9 Å². The van der Waals surface area contributed by atoms with Gasteiger partial charge in [0.25, 0.3) is 6.43 Å². The van der Waals surface area contributed by atoms with Crippen molar-refractivity contribution in [2.75, 3.05) is 11.6 Å². The topological polar surface area (TPSA) is 110 Å². The fourth-order valence-electron chi connectivity index (χ4n) is 4.12. The van der Waals surface area contributed by atoms with Crippen LogP contribution in [0.2, 0.25) is 0 Å². The van der Waals surface area contributed by atoms with Crippen LogP contribution in [-0.2, 0) is 22.7 Å². The zero-order valence-corrected chi connectivity index (χ0v) is 22.7. The van der Waals surface area contributed by atoms with Gasteiger partial charge in [-0.1, -0.05) is 0 Å². The van der Waals surface area contributed by atoms with Gasteiger partial charge in [-0.05, 0) is 45.0 Å². The molecular formula is C26H24F2N6O2S2. The maximum absolute atomic E-state index is 13.5. The number of anilines is 2. The lowest BCUT2D eigenvalue weighted by atomic mass is 10.1. The van der Waals surface area contributed by atoms with Gasteiger partial charge in [0.2, 0.25) is 0 Å². The molecule has 38 heavy (non-hydrogen) atoms. The van der Waals surface area contributed by atoms with E-state index < -0.39 is 16.3 Å². The molecule has 1 aromatic carbocycles. The first-order valence-electron chi connectivity index (χ1n) is 11.7. The fourth-order valence-corrected chi connectivity index (χ4v) is 5.78. The molecular weight excluding hydrogens is 530 g/mol. The van der Waals surface area contributed by atoms with Gasteiger partial charge in [0.1, 0.15) is 10.7 Å².